The van der Waals surface area contributed by atoms with Gasteiger partial charge in [-0.3, -0.25) is 0 Å². The first-order chi connectivity index (χ1) is 13.1. The Morgan fingerprint density at radius 1 is 0.852 bits per heavy atom. The average Bonchev–Trinajstić information content (AvgIpc) is 2.69. The largest absolute Gasteiger partial charge is 0.374 e. The number of hydrogen-bond donors (Lipinski definition) is 0. The standard InChI is InChI=1S/C23H27N3S/c1-24-16-13-21(14-17-24)8-7-20-9-11-22(12-10-20)25(2)18-19-27-23-6-4-5-15-26(23)3/h4-17H,18-19H2,1-3H3/q+2. The molecule has 3 nitrogen and oxygen atoms in total. The molecule has 0 atom stereocenters. The predicted molar refractivity (Wildman–Crippen MR) is 115 cm³/mol. The zero-order valence-corrected chi connectivity index (χ0v) is 17.1. The Kier molecular flexibility index (Phi) is 6.66. The zero-order chi connectivity index (χ0) is 19.1. The molecule has 0 N–H and O–H groups in total. The minimum atomic E-state index is 1.01. The van der Waals surface area contributed by atoms with Crippen LogP contribution in [0, 0.1) is 0 Å². The molecule has 0 aliphatic rings. The van der Waals surface area contributed by atoms with Crippen molar-refractivity contribution in [3.8, 4) is 0 Å². The van der Waals surface area contributed by atoms with Crippen LogP contribution in [0.4, 0.5) is 5.69 Å². The second-order valence-electron chi connectivity index (χ2n) is 6.64. The smallest absolute Gasteiger partial charge is 0.239 e. The molecule has 0 fully saturated rings. The number of aromatic nitrogens is 2. The quantitative estimate of drug-likeness (QED) is 0.459. The van der Waals surface area contributed by atoms with Crippen molar-refractivity contribution in [2.75, 3.05) is 24.2 Å². The summed E-state index contributed by atoms with van der Waals surface area (Å²) in [6.45, 7) is 1.01. The van der Waals surface area contributed by atoms with E-state index in [0.29, 0.717) is 0 Å². The molecule has 0 unspecified atom stereocenters. The van der Waals surface area contributed by atoms with E-state index >= 15 is 0 Å². The average molecular weight is 378 g/mol. The molecule has 0 aliphatic carbocycles. The van der Waals surface area contributed by atoms with Gasteiger partial charge in [-0.05, 0) is 29.3 Å². The Morgan fingerprint density at radius 3 is 2.19 bits per heavy atom. The van der Waals surface area contributed by atoms with Crippen molar-refractivity contribution in [3.05, 3.63) is 84.3 Å². The lowest BCUT2D eigenvalue weighted by molar-refractivity contribution is -0.708. The Balaban J connectivity index is 1.53. The summed E-state index contributed by atoms with van der Waals surface area (Å²) in [6.07, 6.45) is 10.5. The molecule has 3 aromatic rings. The molecular formula is C23H27N3S+2. The van der Waals surface area contributed by atoms with Gasteiger partial charge in [0.15, 0.2) is 18.6 Å². The first kappa shape index (κ1) is 19.2. The van der Waals surface area contributed by atoms with E-state index in [4.69, 9.17) is 0 Å². The lowest BCUT2D eigenvalue weighted by atomic mass is 10.1. The Bertz CT molecular complexity index is 886. The second-order valence-corrected chi connectivity index (χ2v) is 7.76. The first-order valence-electron chi connectivity index (χ1n) is 9.14. The van der Waals surface area contributed by atoms with Crippen LogP contribution in [0.5, 0.6) is 0 Å². The number of rotatable bonds is 7. The molecular weight excluding hydrogens is 350 g/mol. The number of thioether (sulfide) groups is 1. The highest BCUT2D eigenvalue weighted by Crippen LogP contribution is 2.18. The highest BCUT2D eigenvalue weighted by atomic mass is 32.2. The Labute approximate surface area is 166 Å². The number of anilines is 1. The van der Waals surface area contributed by atoms with Crippen molar-refractivity contribution in [2.45, 2.75) is 5.03 Å². The molecule has 0 bridgehead atoms. The molecule has 0 radical (unpaired) electrons. The maximum absolute atomic E-state index is 2.31. The maximum Gasteiger partial charge on any atom is 0.239 e. The fourth-order valence-electron chi connectivity index (χ4n) is 2.73. The van der Waals surface area contributed by atoms with Crippen molar-refractivity contribution < 1.29 is 9.13 Å². The van der Waals surface area contributed by atoms with Gasteiger partial charge in [0.05, 0.1) is 0 Å². The Morgan fingerprint density at radius 2 is 1.52 bits per heavy atom. The van der Waals surface area contributed by atoms with Gasteiger partial charge in [-0.25, -0.2) is 4.57 Å². The molecule has 2 aromatic heterocycles. The number of aryl methyl sites for hydroxylation is 2. The predicted octanol–water partition coefficient (Wildman–Crippen LogP) is 3.73. The van der Waals surface area contributed by atoms with E-state index < -0.39 is 0 Å². The summed E-state index contributed by atoms with van der Waals surface area (Å²) in [7, 11) is 6.27. The van der Waals surface area contributed by atoms with E-state index in [1.54, 1.807) is 0 Å². The summed E-state index contributed by atoms with van der Waals surface area (Å²) in [6, 6.07) is 19.3. The van der Waals surface area contributed by atoms with Crippen LogP contribution in [0.3, 0.4) is 0 Å². The Hall–Kier alpha value is -2.59. The molecule has 0 amide bonds. The molecule has 138 valence electrons. The molecule has 0 spiro atoms. The summed E-state index contributed by atoms with van der Waals surface area (Å²) < 4.78 is 4.20. The van der Waals surface area contributed by atoms with Gasteiger partial charge in [0.1, 0.15) is 14.1 Å². The van der Waals surface area contributed by atoms with Crippen molar-refractivity contribution in [2.24, 2.45) is 14.1 Å². The molecule has 2 heterocycles. The van der Waals surface area contributed by atoms with Crippen LogP contribution in [-0.2, 0) is 14.1 Å². The van der Waals surface area contributed by atoms with Crippen LogP contribution >= 0.6 is 11.8 Å². The molecule has 3 rings (SSSR count). The normalized spacial score (nSPS) is 11.1. The maximum atomic E-state index is 2.31. The van der Waals surface area contributed by atoms with Gasteiger partial charge in [-0.2, -0.15) is 4.57 Å². The van der Waals surface area contributed by atoms with Gasteiger partial charge < -0.3 is 4.90 Å². The first-order valence-corrected chi connectivity index (χ1v) is 10.1. The SMILES string of the molecule is CN(CCSc1cccc[n+]1C)c1ccc(/C=C/c2cc[n+](C)cc2)cc1. The van der Waals surface area contributed by atoms with E-state index in [0.717, 1.165) is 12.3 Å². The van der Waals surface area contributed by atoms with Crippen LogP contribution in [0.2, 0.25) is 0 Å². The summed E-state index contributed by atoms with van der Waals surface area (Å²) in [4.78, 5) is 2.31. The highest BCUT2D eigenvalue weighted by Gasteiger charge is 2.06. The lowest BCUT2D eigenvalue weighted by Gasteiger charge is -2.18. The lowest BCUT2D eigenvalue weighted by Crippen LogP contribution is -2.30. The topological polar surface area (TPSA) is 11.0 Å². The van der Waals surface area contributed by atoms with Crippen LogP contribution in [0.15, 0.2) is 78.2 Å². The summed E-state index contributed by atoms with van der Waals surface area (Å²) >= 11 is 1.89. The third-order valence-electron chi connectivity index (χ3n) is 4.49. The van der Waals surface area contributed by atoms with Crippen LogP contribution < -0.4 is 14.0 Å². The third kappa shape index (κ3) is 5.69. The van der Waals surface area contributed by atoms with Gasteiger partial charge in [-0.15, -0.1) is 0 Å². The van der Waals surface area contributed by atoms with Crippen LogP contribution in [0.25, 0.3) is 12.2 Å². The number of nitrogens with zero attached hydrogens (tertiary/aromatic N) is 3. The molecule has 4 heteroatoms. The fraction of sp³-hybridized carbons (Fsp3) is 0.217. The summed E-state index contributed by atoms with van der Waals surface area (Å²) in [5.41, 5.74) is 3.67. The number of hydrogen-bond acceptors (Lipinski definition) is 2. The van der Waals surface area contributed by atoms with Crippen molar-refractivity contribution in [1.82, 2.24) is 0 Å². The fourth-order valence-corrected chi connectivity index (χ4v) is 3.74. The van der Waals surface area contributed by atoms with E-state index in [-0.39, 0.29) is 0 Å². The number of benzene rings is 1. The van der Waals surface area contributed by atoms with Crippen molar-refractivity contribution in [1.29, 1.82) is 0 Å². The van der Waals surface area contributed by atoms with Gasteiger partial charge in [0.2, 0.25) is 5.03 Å². The number of pyridine rings is 2. The highest BCUT2D eigenvalue weighted by molar-refractivity contribution is 7.99. The van der Waals surface area contributed by atoms with Crippen molar-refractivity contribution >= 4 is 29.6 Å². The van der Waals surface area contributed by atoms with E-state index in [9.17, 15) is 0 Å². The summed E-state index contributed by atoms with van der Waals surface area (Å²) in [5.74, 6) is 1.06. The molecule has 0 saturated heterocycles. The van der Waals surface area contributed by atoms with E-state index in [1.165, 1.54) is 21.8 Å². The summed E-state index contributed by atoms with van der Waals surface area (Å²) in [5, 5.41) is 1.29. The third-order valence-corrected chi connectivity index (χ3v) is 5.60. The van der Waals surface area contributed by atoms with Crippen LogP contribution in [0.1, 0.15) is 11.1 Å². The van der Waals surface area contributed by atoms with Crippen molar-refractivity contribution in [3.63, 3.8) is 0 Å². The van der Waals surface area contributed by atoms with Gasteiger partial charge >= 0.3 is 0 Å². The second kappa shape index (κ2) is 9.38. The minimum absolute atomic E-state index is 1.01. The molecule has 0 aliphatic heterocycles. The minimum Gasteiger partial charge on any atom is -0.374 e. The van der Waals surface area contributed by atoms with Crippen LogP contribution in [-0.4, -0.2) is 19.3 Å². The zero-order valence-electron chi connectivity index (χ0n) is 16.2. The molecule has 1 aromatic carbocycles. The molecule has 27 heavy (non-hydrogen) atoms. The van der Waals surface area contributed by atoms with E-state index in [2.05, 4.69) is 109 Å². The monoisotopic (exact) mass is 377 g/mol. The van der Waals surface area contributed by atoms with Gasteiger partial charge in [-0.1, -0.05) is 36.0 Å². The van der Waals surface area contributed by atoms with Gasteiger partial charge in [0.25, 0.3) is 0 Å². The van der Waals surface area contributed by atoms with E-state index in [1.807, 2.05) is 23.4 Å². The van der Waals surface area contributed by atoms with Gasteiger partial charge in [0, 0.05) is 49.3 Å². The molecule has 0 saturated carbocycles.